The minimum absolute atomic E-state index is 0.0548. The summed E-state index contributed by atoms with van der Waals surface area (Å²) < 4.78 is 41.5. The number of phenolic OH excluding ortho intramolecular Hbond substituents is 1. The molecule has 0 radical (unpaired) electrons. The number of imidazole rings is 1. The highest BCUT2D eigenvalue weighted by molar-refractivity contribution is 5.56. The van der Waals surface area contributed by atoms with E-state index in [0.717, 1.165) is 17.3 Å². The van der Waals surface area contributed by atoms with Crippen LogP contribution in [0, 0.1) is 0 Å². The molecule has 6 nitrogen and oxygen atoms in total. The molecule has 2 unspecified atom stereocenters. The lowest BCUT2D eigenvalue weighted by Crippen LogP contribution is -2.36. The number of alkyl halides is 3. The number of nitrogens with one attached hydrogen (secondary N) is 3. The number of nitrogens with zero attached hydrogens (tertiary/aromatic N) is 2. The summed E-state index contributed by atoms with van der Waals surface area (Å²) in [5.74, 6) is -0.425. The van der Waals surface area contributed by atoms with Crippen molar-refractivity contribution in [2.75, 3.05) is 5.32 Å². The van der Waals surface area contributed by atoms with Crippen molar-refractivity contribution in [1.82, 2.24) is 20.4 Å². The molecule has 0 aliphatic carbocycles. The van der Waals surface area contributed by atoms with E-state index in [1.807, 2.05) is 35.0 Å². The van der Waals surface area contributed by atoms with Crippen LogP contribution in [0.5, 0.6) is 5.75 Å². The van der Waals surface area contributed by atoms with Crippen LogP contribution in [0.15, 0.2) is 61.2 Å². The first-order valence-electron chi connectivity index (χ1n) is 8.66. The van der Waals surface area contributed by atoms with E-state index in [4.69, 9.17) is 0 Å². The molecule has 0 amide bonds. The van der Waals surface area contributed by atoms with E-state index in [1.54, 1.807) is 12.5 Å². The smallest absolute Gasteiger partial charge is 0.418 e. The lowest BCUT2D eigenvalue weighted by molar-refractivity contribution is -0.137. The fourth-order valence-electron chi connectivity index (χ4n) is 3.24. The summed E-state index contributed by atoms with van der Waals surface area (Å²) in [4.78, 5) is 4.01. The van der Waals surface area contributed by atoms with Crippen molar-refractivity contribution < 1.29 is 18.3 Å². The Morgan fingerprint density at radius 3 is 2.57 bits per heavy atom. The van der Waals surface area contributed by atoms with Crippen LogP contribution < -0.4 is 16.2 Å². The van der Waals surface area contributed by atoms with Gasteiger partial charge in [0.2, 0.25) is 0 Å². The van der Waals surface area contributed by atoms with Gasteiger partial charge < -0.3 is 15.0 Å². The molecule has 146 valence electrons. The number of rotatable bonds is 4. The molecule has 0 spiro atoms. The summed E-state index contributed by atoms with van der Waals surface area (Å²) in [6.07, 6.45) is 0.841. The van der Waals surface area contributed by atoms with Gasteiger partial charge in [-0.05, 0) is 35.9 Å². The van der Waals surface area contributed by atoms with Gasteiger partial charge >= 0.3 is 6.18 Å². The molecule has 1 fully saturated rings. The van der Waals surface area contributed by atoms with E-state index < -0.39 is 23.7 Å². The molecule has 2 aromatic carbocycles. The number of aromatic hydroxyl groups is 1. The number of anilines is 1. The fraction of sp³-hybridized carbons (Fsp3) is 0.211. The zero-order chi connectivity index (χ0) is 19.7. The summed E-state index contributed by atoms with van der Waals surface area (Å²) in [6, 6.07) is 11.0. The van der Waals surface area contributed by atoms with E-state index in [0.29, 0.717) is 6.42 Å². The van der Waals surface area contributed by atoms with Gasteiger partial charge in [-0.2, -0.15) is 13.2 Å². The van der Waals surface area contributed by atoms with Gasteiger partial charge in [-0.25, -0.2) is 15.8 Å². The number of aromatic nitrogens is 2. The topological polar surface area (TPSA) is 74.1 Å². The molecular weight excluding hydrogens is 371 g/mol. The Morgan fingerprint density at radius 2 is 1.89 bits per heavy atom. The third-order valence-electron chi connectivity index (χ3n) is 4.64. The summed E-state index contributed by atoms with van der Waals surface area (Å²) in [5.41, 5.74) is 7.09. The van der Waals surface area contributed by atoms with Gasteiger partial charge in [0, 0.05) is 36.2 Å². The molecule has 2 heterocycles. The number of hydrogen-bond donors (Lipinski definition) is 4. The third kappa shape index (κ3) is 3.80. The van der Waals surface area contributed by atoms with E-state index in [9.17, 15) is 18.3 Å². The maximum atomic E-state index is 13.2. The first kappa shape index (κ1) is 18.3. The Balaban J connectivity index is 1.45. The van der Waals surface area contributed by atoms with Gasteiger partial charge in [-0.3, -0.25) is 0 Å². The van der Waals surface area contributed by atoms with Crippen molar-refractivity contribution in [2.24, 2.45) is 0 Å². The van der Waals surface area contributed by atoms with Gasteiger partial charge in [0.15, 0.2) is 0 Å². The maximum Gasteiger partial charge on any atom is 0.418 e. The molecule has 1 saturated heterocycles. The van der Waals surface area contributed by atoms with E-state index >= 15 is 0 Å². The van der Waals surface area contributed by atoms with Gasteiger partial charge in [0.25, 0.3) is 0 Å². The van der Waals surface area contributed by atoms with Crippen molar-refractivity contribution in [2.45, 2.75) is 24.8 Å². The van der Waals surface area contributed by atoms with Gasteiger partial charge in [-0.15, -0.1) is 0 Å². The molecule has 0 bridgehead atoms. The van der Waals surface area contributed by atoms with Crippen LogP contribution in [-0.2, 0) is 6.18 Å². The zero-order valence-electron chi connectivity index (χ0n) is 14.6. The van der Waals surface area contributed by atoms with Crippen LogP contribution in [0.2, 0.25) is 0 Å². The number of halogens is 3. The standard InChI is InChI=1S/C19H18F3N5O/c20-19(21,22)15-9-14(28)5-6-16(15)24-18-10-17(25-26-18)12-1-3-13(4-2-12)27-8-7-23-11-27/h1-9,11,17-18,24-26,28H,10H2. The Hall–Kier alpha value is -3.04. The van der Waals surface area contributed by atoms with Crippen LogP contribution in [0.25, 0.3) is 5.69 Å². The van der Waals surface area contributed by atoms with Crippen LogP contribution >= 0.6 is 0 Å². The number of benzene rings is 2. The SMILES string of the molecule is Oc1ccc(NC2CC(c3ccc(-n4ccnc4)cc3)NN2)c(C(F)(F)F)c1. The second-order valence-corrected chi connectivity index (χ2v) is 6.56. The molecule has 28 heavy (non-hydrogen) atoms. The quantitative estimate of drug-likeness (QED) is 0.514. The summed E-state index contributed by atoms with van der Waals surface area (Å²) in [5, 5.41) is 12.2. The minimum atomic E-state index is -4.56. The molecule has 1 aromatic heterocycles. The van der Waals surface area contributed by atoms with Crippen molar-refractivity contribution >= 4 is 5.69 Å². The second-order valence-electron chi connectivity index (χ2n) is 6.56. The third-order valence-corrected chi connectivity index (χ3v) is 4.64. The highest BCUT2D eigenvalue weighted by Gasteiger charge is 2.35. The Bertz CT molecular complexity index is 941. The minimum Gasteiger partial charge on any atom is -0.508 e. The van der Waals surface area contributed by atoms with Gasteiger partial charge in [0.1, 0.15) is 5.75 Å². The average molecular weight is 389 g/mol. The second kappa shape index (κ2) is 7.17. The summed E-state index contributed by atoms with van der Waals surface area (Å²) in [6.45, 7) is 0. The number of hydrogen-bond acceptors (Lipinski definition) is 5. The largest absolute Gasteiger partial charge is 0.508 e. The predicted octanol–water partition coefficient (Wildman–Crippen LogP) is 3.57. The molecule has 2 atom stereocenters. The number of hydrazine groups is 1. The maximum absolute atomic E-state index is 13.2. The Morgan fingerprint density at radius 1 is 1.11 bits per heavy atom. The first-order valence-corrected chi connectivity index (χ1v) is 8.66. The Labute approximate surface area is 159 Å². The molecule has 1 aliphatic rings. The molecule has 1 aliphatic heterocycles. The van der Waals surface area contributed by atoms with E-state index in [2.05, 4.69) is 21.2 Å². The van der Waals surface area contributed by atoms with E-state index in [-0.39, 0.29) is 11.7 Å². The fourth-order valence-corrected chi connectivity index (χ4v) is 3.24. The molecule has 3 aromatic rings. The first-order chi connectivity index (χ1) is 13.4. The Kier molecular flexibility index (Phi) is 4.70. The predicted molar refractivity (Wildman–Crippen MR) is 97.7 cm³/mol. The van der Waals surface area contributed by atoms with E-state index in [1.165, 1.54) is 12.1 Å². The van der Waals surface area contributed by atoms with Crippen LogP contribution in [-0.4, -0.2) is 20.8 Å². The van der Waals surface area contributed by atoms with Gasteiger partial charge in [0.05, 0.1) is 18.1 Å². The zero-order valence-corrected chi connectivity index (χ0v) is 14.6. The molecule has 4 N–H and O–H groups in total. The normalized spacial score (nSPS) is 19.7. The highest BCUT2D eigenvalue weighted by Crippen LogP contribution is 2.37. The van der Waals surface area contributed by atoms with Crippen molar-refractivity contribution in [3.63, 3.8) is 0 Å². The van der Waals surface area contributed by atoms with Gasteiger partial charge in [-0.1, -0.05) is 12.1 Å². The molecule has 4 rings (SSSR count). The van der Waals surface area contributed by atoms with Crippen LogP contribution in [0.4, 0.5) is 18.9 Å². The lowest BCUT2D eigenvalue weighted by atomic mass is 10.0. The van der Waals surface area contributed by atoms with Crippen molar-refractivity contribution in [3.8, 4) is 11.4 Å². The van der Waals surface area contributed by atoms with Crippen molar-refractivity contribution in [1.29, 1.82) is 0 Å². The monoisotopic (exact) mass is 389 g/mol. The molecule has 9 heteroatoms. The molecule has 0 saturated carbocycles. The lowest BCUT2D eigenvalue weighted by Gasteiger charge is -2.18. The summed E-state index contributed by atoms with van der Waals surface area (Å²) >= 11 is 0. The molecular formula is C19H18F3N5O. The van der Waals surface area contributed by atoms with Crippen LogP contribution in [0.1, 0.15) is 23.6 Å². The number of phenols is 1. The average Bonchev–Trinajstić information content (AvgIpc) is 3.35. The summed E-state index contributed by atoms with van der Waals surface area (Å²) in [7, 11) is 0. The van der Waals surface area contributed by atoms with Crippen molar-refractivity contribution in [3.05, 3.63) is 72.3 Å². The highest BCUT2D eigenvalue weighted by atomic mass is 19.4. The van der Waals surface area contributed by atoms with Crippen LogP contribution in [0.3, 0.4) is 0 Å².